The first kappa shape index (κ1) is 20.9. The molecule has 0 aromatic heterocycles. The SMILES string of the molecule is Cc1ccc(CSCCNC(=O)[C@@H]2CCCN2C2=NS(=O)(=O)c3ccccc32)cc1. The Bertz CT molecular complexity index is 1070. The fraction of sp³-hybridized carbons (Fsp3) is 0.364. The summed E-state index contributed by atoms with van der Waals surface area (Å²) in [7, 11) is -3.68. The maximum atomic E-state index is 12.8. The summed E-state index contributed by atoms with van der Waals surface area (Å²) in [6, 6.07) is 14.9. The molecule has 1 atom stereocenters. The molecule has 2 aromatic rings. The van der Waals surface area contributed by atoms with E-state index in [1.807, 2.05) is 4.90 Å². The van der Waals surface area contributed by atoms with Gasteiger partial charge in [0.15, 0.2) is 5.84 Å². The van der Waals surface area contributed by atoms with E-state index in [0.717, 1.165) is 17.9 Å². The molecule has 2 aliphatic rings. The third kappa shape index (κ3) is 4.39. The molecule has 2 heterocycles. The summed E-state index contributed by atoms with van der Waals surface area (Å²) in [5.74, 6) is 2.08. The molecule has 0 unspecified atom stereocenters. The number of thioether (sulfide) groups is 1. The molecule has 1 fully saturated rings. The fourth-order valence-corrected chi connectivity index (χ4v) is 5.86. The Morgan fingerprint density at radius 1 is 1.20 bits per heavy atom. The zero-order valence-electron chi connectivity index (χ0n) is 16.9. The van der Waals surface area contributed by atoms with Gasteiger partial charge in [-0.05, 0) is 37.5 Å². The molecule has 8 heteroatoms. The molecule has 30 heavy (non-hydrogen) atoms. The molecule has 6 nitrogen and oxygen atoms in total. The fourth-order valence-electron chi connectivity index (χ4n) is 3.83. The average molecular weight is 444 g/mol. The first-order valence-electron chi connectivity index (χ1n) is 10.1. The highest BCUT2D eigenvalue weighted by atomic mass is 32.2. The Morgan fingerprint density at radius 3 is 2.77 bits per heavy atom. The van der Waals surface area contributed by atoms with Gasteiger partial charge in [-0.1, -0.05) is 42.0 Å². The molecule has 0 spiro atoms. The van der Waals surface area contributed by atoms with Crippen LogP contribution in [0.5, 0.6) is 0 Å². The molecule has 2 aliphatic heterocycles. The number of amides is 1. The second-order valence-corrected chi connectivity index (χ2v) is 10.2. The van der Waals surface area contributed by atoms with E-state index in [4.69, 9.17) is 0 Å². The number of hydrogen-bond donors (Lipinski definition) is 1. The van der Waals surface area contributed by atoms with E-state index in [9.17, 15) is 13.2 Å². The van der Waals surface area contributed by atoms with Crippen molar-refractivity contribution in [1.82, 2.24) is 10.2 Å². The zero-order chi connectivity index (χ0) is 21.1. The number of sulfonamides is 1. The molecular formula is C22H25N3O3S2. The van der Waals surface area contributed by atoms with Gasteiger partial charge in [0, 0.05) is 30.2 Å². The molecule has 1 amide bonds. The van der Waals surface area contributed by atoms with Crippen LogP contribution >= 0.6 is 11.8 Å². The third-order valence-electron chi connectivity index (χ3n) is 5.37. The van der Waals surface area contributed by atoms with Crippen LogP contribution in [0, 0.1) is 6.92 Å². The van der Waals surface area contributed by atoms with Gasteiger partial charge < -0.3 is 10.2 Å². The van der Waals surface area contributed by atoms with Crippen molar-refractivity contribution < 1.29 is 13.2 Å². The van der Waals surface area contributed by atoms with Gasteiger partial charge in [-0.25, -0.2) is 0 Å². The highest BCUT2D eigenvalue weighted by Crippen LogP contribution is 2.31. The second-order valence-electron chi connectivity index (χ2n) is 7.57. The summed E-state index contributed by atoms with van der Waals surface area (Å²) >= 11 is 1.78. The number of hydrogen-bond acceptors (Lipinski definition) is 5. The first-order chi connectivity index (χ1) is 14.5. The Morgan fingerprint density at radius 2 is 1.97 bits per heavy atom. The number of rotatable bonds is 6. The Kier molecular flexibility index (Phi) is 6.15. The minimum atomic E-state index is -3.68. The topological polar surface area (TPSA) is 78.8 Å². The van der Waals surface area contributed by atoms with E-state index >= 15 is 0 Å². The summed E-state index contributed by atoms with van der Waals surface area (Å²) in [5.41, 5.74) is 3.11. The molecule has 0 bridgehead atoms. The Hall–Kier alpha value is -2.32. The molecule has 0 radical (unpaired) electrons. The van der Waals surface area contributed by atoms with Crippen LogP contribution in [0.1, 0.15) is 29.5 Å². The summed E-state index contributed by atoms with van der Waals surface area (Å²) < 4.78 is 28.7. The van der Waals surface area contributed by atoms with Crippen LogP contribution in [0.4, 0.5) is 0 Å². The number of amidine groups is 1. The molecule has 1 saturated heterocycles. The Labute approximate surface area is 181 Å². The van der Waals surface area contributed by atoms with Crippen LogP contribution in [0.15, 0.2) is 57.8 Å². The summed E-state index contributed by atoms with van der Waals surface area (Å²) in [6.45, 7) is 3.29. The molecule has 0 saturated carbocycles. The lowest BCUT2D eigenvalue weighted by molar-refractivity contribution is -0.124. The summed E-state index contributed by atoms with van der Waals surface area (Å²) in [6.07, 6.45) is 1.53. The van der Waals surface area contributed by atoms with Crippen molar-refractivity contribution in [2.45, 2.75) is 36.5 Å². The lowest BCUT2D eigenvalue weighted by Gasteiger charge is -2.25. The van der Waals surface area contributed by atoms with Gasteiger partial charge >= 0.3 is 0 Å². The van der Waals surface area contributed by atoms with Crippen molar-refractivity contribution in [2.75, 3.05) is 18.8 Å². The van der Waals surface area contributed by atoms with E-state index in [2.05, 4.69) is 40.9 Å². The minimum Gasteiger partial charge on any atom is -0.353 e. The average Bonchev–Trinajstić information content (AvgIpc) is 3.32. The van der Waals surface area contributed by atoms with Crippen molar-refractivity contribution in [2.24, 2.45) is 4.40 Å². The molecule has 158 valence electrons. The summed E-state index contributed by atoms with van der Waals surface area (Å²) in [5, 5.41) is 3.01. The number of aryl methyl sites for hydroxylation is 1. The smallest absolute Gasteiger partial charge is 0.285 e. The highest BCUT2D eigenvalue weighted by Gasteiger charge is 2.38. The molecule has 1 N–H and O–H groups in total. The predicted octanol–water partition coefficient (Wildman–Crippen LogP) is 2.96. The van der Waals surface area contributed by atoms with Crippen LogP contribution in [-0.2, 0) is 20.6 Å². The van der Waals surface area contributed by atoms with E-state index in [1.54, 1.807) is 36.0 Å². The molecule has 4 rings (SSSR count). The molecular weight excluding hydrogens is 418 g/mol. The van der Waals surface area contributed by atoms with E-state index in [-0.39, 0.29) is 16.8 Å². The first-order valence-corrected chi connectivity index (χ1v) is 12.7. The van der Waals surface area contributed by atoms with Gasteiger partial charge in [0.05, 0.1) is 0 Å². The maximum Gasteiger partial charge on any atom is 0.285 e. The van der Waals surface area contributed by atoms with Crippen LogP contribution in [0.25, 0.3) is 0 Å². The van der Waals surface area contributed by atoms with Gasteiger partial charge in [-0.15, -0.1) is 4.40 Å². The zero-order valence-corrected chi connectivity index (χ0v) is 18.5. The molecule has 0 aliphatic carbocycles. The highest BCUT2D eigenvalue weighted by molar-refractivity contribution is 7.98. The van der Waals surface area contributed by atoms with Crippen molar-refractivity contribution in [3.8, 4) is 0 Å². The lowest BCUT2D eigenvalue weighted by Crippen LogP contribution is -2.46. The largest absolute Gasteiger partial charge is 0.353 e. The van der Waals surface area contributed by atoms with Crippen LogP contribution in [0.3, 0.4) is 0 Å². The van der Waals surface area contributed by atoms with Crippen LogP contribution in [-0.4, -0.2) is 49.9 Å². The normalized spacial score (nSPS) is 19.4. The predicted molar refractivity (Wildman–Crippen MR) is 120 cm³/mol. The molecule has 2 aromatic carbocycles. The lowest BCUT2D eigenvalue weighted by atomic mass is 10.1. The van der Waals surface area contributed by atoms with E-state index in [0.29, 0.717) is 30.9 Å². The van der Waals surface area contributed by atoms with Crippen molar-refractivity contribution in [3.05, 3.63) is 65.2 Å². The van der Waals surface area contributed by atoms with Crippen LogP contribution < -0.4 is 5.32 Å². The number of likely N-dealkylation sites (tertiary alicyclic amines) is 1. The minimum absolute atomic E-state index is 0.0621. The standard InChI is InChI=1S/C22H25N3O3S2/c1-16-8-10-17(11-9-16)15-29-14-12-23-22(26)19-6-4-13-25(19)21-18-5-2-3-7-20(18)30(27,28)24-21/h2-3,5,7-11,19H,4,6,12-15H2,1H3,(H,23,26)/t19-/m0/s1. The number of carbonyl (C=O) groups is 1. The van der Waals surface area contributed by atoms with E-state index < -0.39 is 10.0 Å². The van der Waals surface area contributed by atoms with Crippen LogP contribution in [0.2, 0.25) is 0 Å². The van der Waals surface area contributed by atoms with Crippen molar-refractivity contribution in [3.63, 3.8) is 0 Å². The number of fused-ring (bicyclic) bond motifs is 1. The maximum absolute atomic E-state index is 12.8. The Balaban J connectivity index is 1.33. The summed E-state index contributed by atoms with van der Waals surface area (Å²) in [4.78, 5) is 14.9. The monoisotopic (exact) mass is 443 g/mol. The number of benzene rings is 2. The number of carbonyl (C=O) groups excluding carboxylic acids is 1. The van der Waals surface area contributed by atoms with Crippen molar-refractivity contribution >= 4 is 33.5 Å². The van der Waals surface area contributed by atoms with Gasteiger partial charge in [0.1, 0.15) is 10.9 Å². The van der Waals surface area contributed by atoms with Gasteiger partial charge in [0.2, 0.25) is 5.91 Å². The quantitative estimate of drug-likeness (QED) is 0.695. The van der Waals surface area contributed by atoms with E-state index in [1.165, 1.54) is 11.1 Å². The second kappa shape index (κ2) is 8.81. The van der Waals surface area contributed by atoms with Gasteiger partial charge in [-0.3, -0.25) is 4.79 Å². The van der Waals surface area contributed by atoms with Gasteiger partial charge in [-0.2, -0.15) is 20.2 Å². The third-order valence-corrected chi connectivity index (χ3v) is 7.73. The number of nitrogens with one attached hydrogen (secondary N) is 1. The van der Waals surface area contributed by atoms with Gasteiger partial charge in [0.25, 0.3) is 10.0 Å². The number of nitrogens with zero attached hydrogens (tertiary/aromatic N) is 2. The van der Waals surface area contributed by atoms with Crippen molar-refractivity contribution in [1.29, 1.82) is 0 Å².